The lowest BCUT2D eigenvalue weighted by Gasteiger charge is -2.10. The third-order valence-electron chi connectivity index (χ3n) is 7.95. The smallest absolute Gasteiger partial charge is 0.296 e. The fourth-order valence-electron chi connectivity index (χ4n) is 5.42. The second-order valence-electron chi connectivity index (χ2n) is 11.5. The van der Waals surface area contributed by atoms with Gasteiger partial charge in [0.2, 0.25) is 0 Å². The SMILES string of the molecule is Cc1cc(-c2ccc(N=Nc3c(S(=O)(=O)O)cc4ccc(N)cc4c3O)c(C)c2)ccc1N=Nc1c(S(=O)(=O)O)cc2cc(N)ccc2c1O. The second kappa shape index (κ2) is 12.5. The number of nitrogen functional groups attached to an aromatic ring is 2. The zero-order chi connectivity index (χ0) is 36.1. The highest BCUT2D eigenvalue weighted by molar-refractivity contribution is 7.86. The Balaban J connectivity index is 1.31. The molecule has 14 nitrogen and oxygen atoms in total. The van der Waals surface area contributed by atoms with E-state index in [-0.39, 0.29) is 16.2 Å². The van der Waals surface area contributed by atoms with E-state index in [1.54, 1.807) is 38.1 Å². The average Bonchev–Trinajstić information content (AvgIpc) is 3.04. The molecule has 0 atom stereocenters. The third-order valence-corrected chi connectivity index (χ3v) is 9.68. The average molecular weight is 713 g/mol. The van der Waals surface area contributed by atoms with Crippen LogP contribution in [-0.4, -0.2) is 36.2 Å². The van der Waals surface area contributed by atoms with Crippen LogP contribution in [0.25, 0.3) is 32.7 Å². The van der Waals surface area contributed by atoms with Crippen LogP contribution in [0.2, 0.25) is 0 Å². The number of aromatic hydroxyl groups is 2. The summed E-state index contributed by atoms with van der Waals surface area (Å²) in [6.45, 7) is 3.52. The van der Waals surface area contributed by atoms with Crippen LogP contribution in [0.5, 0.6) is 11.5 Å². The van der Waals surface area contributed by atoms with Crippen molar-refractivity contribution in [3.8, 4) is 22.6 Å². The molecule has 0 amide bonds. The monoisotopic (exact) mass is 712 g/mol. The first-order valence-corrected chi connectivity index (χ1v) is 17.5. The lowest BCUT2D eigenvalue weighted by molar-refractivity contribution is 0.471. The van der Waals surface area contributed by atoms with Crippen molar-refractivity contribution in [1.29, 1.82) is 0 Å². The number of phenolic OH excluding ortho intramolecular Hbond substituents is 2. The number of azo groups is 2. The molecule has 6 aromatic rings. The molecule has 50 heavy (non-hydrogen) atoms. The largest absolute Gasteiger partial charge is 0.505 e. The maximum absolute atomic E-state index is 12.2. The molecule has 0 radical (unpaired) electrons. The van der Waals surface area contributed by atoms with Crippen molar-refractivity contribution in [2.75, 3.05) is 11.5 Å². The highest BCUT2D eigenvalue weighted by atomic mass is 32.2. The van der Waals surface area contributed by atoms with Crippen molar-refractivity contribution in [1.82, 2.24) is 0 Å². The molecule has 16 heteroatoms. The van der Waals surface area contributed by atoms with E-state index in [2.05, 4.69) is 20.5 Å². The summed E-state index contributed by atoms with van der Waals surface area (Å²) in [6, 6.07) is 21.7. The summed E-state index contributed by atoms with van der Waals surface area (Å²) in [4.78, 5) is -1.25. The zero-order valence-electron chi connectivity index (χ0n) is 26.3. The maximum Gasteiger partial charge on any atom is 0.296 e. The van der Waals surface area contributed by atoms with E-state index in [9.17, 15) is 36.2 Å². The first-order chi connectivity index (χ1) is 23.5. The fraction of sp³-hybridized carbons (Fsp3) is 0.0588. The molecule has 0 bridgehead atoms. The third kappa shape index (κ3) is 6.55. The molecular formula is C34H28N6O8S2. The lowest BCUT2D eigenvalue weighted by Crippen LogP contribution is -1.99. The molecule has 0 saturated carbocycles. The first kappa shape index (κ1) is 33.9. The molecule has 0 saturated heterocycles. The molecule has 0 aliphatic carbocycles. The molecule has 0 aromatic heterocycles. The highest BCUT2D eigenvalue weighted by Crippen LogP contribution is 2.44. The molecule has 254 valence electrons. The van der Waals surface area contributed by atoms with Gasteiger partial charge in [0.15, 0.2) is 11.5 Å². The normalized spacial score (nSPS) is 12.5. The fourth-order valence-corrected chi connectivity index (χ4v) is 6.73. The van der Waals surface area contributed by atoms with E-state index < -0.39 is 52.9 Å². The van der Waals surface area contributed by atoms with E-state index >= 15 is 0 Å². The van der Waals surface area contributed by atoms with Crippen LogP contribution in [0.4, 0.5) is 34.1 Å². The Bertz CT molecular complexity index is 2680. The van der Waals surface area contributed by atoms with Gasteiger partial charge in [-0.1, -0.05) is 18.2 Å². The van der Waals surface area contributed by atoms with Gasteiger partial charge in [-0.25, -0.2) is 0 Å². The summed E-state index contributed by atoms with van der Waals surface area (Å²) in [5.74, 6) is -1.00. The van der Waals surface area contributed by atoms with Crippen molar-refractivity contribution >= 4 is 75.9 Å². The van der Waals surface area contributed by atoms with E-state index in [1.165, 1.54) is 42.5 Å². The number of aryl methyl sites for hydroxylation is 2. The summed E-state index contributed by atoms with van der Waals surface area (Å²) < 4.78 is 68.3. The van der Waals surface area contributed by atoms with Gasteiger partial charge in [0.25, 0.3) is 20.2 Å². The van der Waals surface area contributed by atoms with Crippen LogP contribution in [0.15, 0.2) is 115 Å². The minimum absolute atomic E-state index is 0.232. The van der Waals surface area contributed by atoms with Crippen molar-refractivity contribution in [2.45, 2.75) is 23.6 Å². The van der Waals surface area contributed by atoms with Gasteiger partial charge in [0.05, 0.1) is 11.4 Å². The quantitative estimate of drug-likeness (QED) is 0.0526. The summed E-state index contributed by atoms with van der Waals surface area (Å²) in [5.41, 5.74) is 15.0. The van der Waals surface area contributed by atoms with Crippen LogP contribution in [0.3, 0.4) is 0 Å². The summed E-state index contributed by atoms with van der Waals surface area (Å²) in [5, 5.41) is 39.2. The molecule has 0 heterocycles. The number of rotatable bonds is 7. The van der Waals surface area contributed by atoms with Crippen molar-refractivity contribution in [3.05, 3.63) is 96.1 Å². The summed E-state index contributed by atoms with van der Waals surface area (Å²) in [6.07, 6.45) is 0. The number of hydrogen-bond donors (Lipinski definition) is 6. The molecule has 6 rings (SSSR count). The molecule has 0 fully saturated rings. The number of phenols is 2. The Morgan fingerprint density at radius 1 is 0.520 bits per heavy atom. The maximum atomic E-state index is 12.2. The minimum Gasteiger partial charge on any atom is -0.505 e. The van der Waals surface area contributed by atoms with Gasteiger partial charge in [-0.2, -0.15) is 27.1 Å². The number of anilines is 2. The van der Waals surface area contributed by atoms with Crippen LogP contribution in [0, 0.1) is 13.8 Å². The Labute approximate surface area is 285 Å². The molecule has 0 aliphatic rings. The van der Waals surface area contributed by atoms with Crippen LogP contribution in [-0.2, 0) is 20.2 Å². The first-order valence-electron chi connectivity index (χ1n) is 14.6. The highest BCUT2D eigenvalue weighted by Gasteiger charge is 2.23. The number of hydrogen-bond acceptors (Lipinski definition) is 12. The molecule has 0 spiro atoms. The second-order valence-corrected chi connectivity index (χ2v) is 14.2. The molecule has 0 unspecified atom stereocenters. The van der Waals surface area contributed by atoms with E-state index in [0.29, 0.717) is 39.3 Å². The molecule has 0 aliphatic heterocycles. The standard InChI is InChI=1S/C34H28N6O8S2/c1-17-11-19(4-9-27(17)37-39-31-30(50(46,47)48)15-22-13-23(35)7-8-25(22)33(31)41)20-5-10-28(18(2)12-20)38-40-32-29(49(43,44)45)14-21-3-6-24(36)16-26(21)34(32)42/h3-16,41-42H,35-36H2,1-2H3,(H,43,44,45)(H,46,47,48). The Hall–Kier alpha value is -5.94. The topological polar surface area (TPSA) is 251 Å². The lowest BCUT2D eigenvalue weighted by atomic mass is 10.0. The van der Waals surface area contributed by atoms with Gasteiger partial charge in [-0.3, -0.25) is 9.11 Å². The van der Waals surface area contributed by atoms with Crippen LogP contribution >= 0.6 is 0 Å². The predicted octanol–water partition coefficient (Wildman–Crippen LogP) is 8.18. The number of nitrogens with two attached hydrogens (primary N) is 2. The van der Waals surface area contributed by atoms with Gasteiger partial charge in [0, 0.05) is 22.1 Å². The number of fused-ring (bicyclic) bond motifs is 2. The van der Waals surface area contributed by atoms with Gasteiger partial charge in [-0.15, -0.1) is 10.2 Å². The van der Waals surface area contributed by atoms with Gasteiger partial charge >= 0.3 is 0 Å². The van der Waals surface area contributed by atoms with Gasteiger partial charge in [0.1, 0.15) is 21.2 Å². The Morgan fingerprint density at radius 2 is 0.980 bits per heavy atom. The van der Waals surface area contributed by atoms with Crippen LogP contribution in [0.1, 0.15) is 11.1 Å². The molecule has 8 N–H and O–H groups in total. The zero-order valence-corrected chi connectivity index (χ0v) is 27.9. The Kier molecular flexibility index (Phi) is 8.49. The number of nitrogens with zero attached hydrogens (tertiary/aromatic N) is 4. The van der Waals surface area contributed by atoms with Crippen molar-refractivity contribution in [3.63, 3.8) is 0 Å². The van der Waals surface area contributed by atoms with E-state index in [0.717, 1.165) is 17.2 Å². The van der Waals surface area contributed by atoms with Crippen molar-refractivity contribution < 1.29 is 36.2 Å². The molecular weight excluding hydrogens is 685 g/mol. The molecule has 6 aromatic carbocycles. The van der Waals surface area contributed by atoms with Crippen LogP contribution < -0.4 is 11.5 Å². The minimum atomic E-state index is -4.79. The Morgan fingerprint density at radius 3 is 1.48 bits per heavy atom. The van der Waals surface area contributed by atoms with Crippen molar-refractivity contribution in [2.24, 2.45) is 20.5 Å². The van der Waals surface area contributed by atoms with Gasteiger partial charge < -0.3 is 21.7 Å². The van der Waals surface area contributed by atoms with Gasteiger partial charge in [-0.05, 0) is 114 Å². The summed E-state index contributed by atoms with van der Waals surface area (Å²) >= 11 is 0. The van der Waals surface area contributed by atoms with E-state index in [4.69, 9.17) is 11.5 Å². The predicted molar refractivity (Wildman–Crippen MR) is 189 cm³/mol. The number of benzene rings is 6. The summed E-state index contributed by atoms with van der Waals surface area (Å²) in [7, 11) is -9.57. The van der Waals surface area contributed by atoms with E-state index in [1.807, 2.05) is 12.1 Å².